The zero-order valence-corrected chi connectivity index (χ0v) is 19.6. The molecule has 3 heterocycles. The fourth-order valence-corrected chi connectivity index (χ4v) is 4.44. The Morgan fingerprint density at radius 1 is 1.16 bits per heavy atom. The quantitative estimate of drug-likeness (QED) is 0.340. The van der Waals surface area contributed by atoms with Crippen LogP contribution in [0.15, 0.2) is 55.0 Å². The summed E-state index contributed by atoms with van der Waals surface area (Å²) in [5.74, 6) is -3.64. The van der Waals surface area contributed by atoms with Crippen LogP contribution < -0.4 is 10.6 Å². The van der Waals surface area contributed by atoms with E-state index in [4.69, 9.17) is 0 Å². The van der Waals surface area contributed by atoms with Gasteiger partial charge in [-0.1, -0.05) is 30.4 Å². The maximum absolute atomic E-state index is 13.4. The summed E-state index contributed by atoms with van der Waals surface area (Å²) in [6.07, 6.45) is 8.85. The SMILES string of the molecule is O=C1Nc2cc(C=CCNC(=O)C3CCN(Cc4ccc(F)c(F)c4)C3=O)ccc2C1=Cc1cnc[nH]1. The fourth-order valence-electron chi connectivity index (χ4n) is 4.44. The van der Waals surface area contributed by atoms with Crippen LogP contribution in [0.3, 0.4) is 0 Å². The highest BCUT2D eigenvalue weighted by Crippen LogP contribution is 2.33. The zero-order chi connectivity index (χ0) is 25.9. The number of nitrogens with one attached hydrogen (secondary N) is 3. The number of likely N-dealkylation sites (tertiary alicyclic amines) is 1. The number of hydrogen-bond donors (Lipinski definition) is 3. The second-order valence-electron chi connectivity index (χ2n) is 8.82. The van der Waals surface area contributed by atoms with Crippen LogP contribution in [0.25, 0.3) is 17.7 Å². The number of nitrogens with zero attached hydrogens (tertiary/aromatic N) is 2. The number of anilines is 1. The summed E-state index contributed by atoms with van der Waals surface area (Å²) in [7, 11) is 0. The Morgan fingerprint density at radius 2 is 2.03 bits per heavy atom. The monoisotopic (exact) mass is 503 g/mol. The number of imidazole rings is 1. The van der Waals surface area contributed by atoms with Gasteiger partial charge in [-0.2, -0.15) is 0 Å². The minimum Gasteiger partial charge on any atom is -0.352 e. The van der Waals surface area contributed by atoms with E-state index >= 15 is 0 Å². The van der Waals surface area contributed by atoms with Crippen LogP contribution in [0.5, 0.6) is 0 Å². The Bertz CT molecular complexity index is 1430. The van der Waals surface area contributed by atoms with Crippen molar-refractivity contribution >= 4 is 41.1 Å². The largest absolute Gasteiger partial charge is 0.352 e. The number of aromatic nitrogens is 2. The Balaban J connectivity index is 1.15. The minimum atomic E-state index is -0.970. The van der Waals surface area contributed by atoms with E-state index in [1.54, 1.807) is 24.7 Å². The summed E-state index contributed by atoms with van der Waals surface area (Å²) in [6.45, 7) is 0.705. The molecule has 37 heavy (non-hydrogen) atoms. The lowest BCUT2D eigenvalue weighted by molar-refractivity contribution is -0.138. The first kappa shape index (κ1) is 24.1. The molecule has 188 valence electrons. The van der Waals surface area contributed by atoms with Crippen LogP contribution >= 0.6 is 0 Å². The molecule has 0 saturated carbocycles. The number of carbonyl (C=O) groups excluding carboxylic acids is 3. The molecule has 2 aliphatic rings. The molecule has 0 radical (unpaired) electrons. The smallest absolute Gasteiger partial charge is 0.256 e. The van der Waals surface area contributed by atoms with E-state index < -0.39 is 17.6 Å². The van der Waals surface area contributed by atoms with E-state index in [2.05, 4.69) is 20.6 Å². The topological polar surface area (TPSA) is 107 Å². The van der Waals surface area contributed by atoms with E-state index in [0.29, 0.717) is 29.8 Å². The van der Waals surface area contributed by atoms with Crippen molar-refractivity contribution in [1.29, 1.82) is 0 Å². The van der Waals surface area contributed by atoms with Gasteiger partial charge in [-0.25, -0.2) is 13.8 Å². The van der Waals surface area contributed by atoms with Crippen LogP contribution in [-0.2, 0) is 20.9 Å². The summed E-state index contributed by atoms with van der Waals surface area (Å²) in [4.78, 5) is 46.0. The number of hydrogen-bond acceptors (Lipinski definition) is 4. The van der Waals surface area contributed by atoms with Gasteiger partial charge < -0.3 is 20.5 Å². The molecule has 10 heteroatoms. The summed E-state index contributed by atoms with van der Waals surface area (Å²) < 4.78 is 26.6. The standard InChI is InChI=1S/C27H23F2N5O3/c28-22-6-4-17(10-23(22)29)14-34-9-7-20(27(34)37)25(35)31-8-1-2-16-3-5-19-21(12-18-13-30-15-32-18)26(36)33-24(19)11-16/h1-6,10-13,15,20H,7-9,14H2,(H,30,32)(H,31,35)(H,33,36). The number of aromatic amines is 1. The van der Waals surface area contributed by atoms with E-state index in [1.165, 1.54) is 11.0 Å². The van der Waals surface area contributed by atoms with Crippen molar-refractivity contribution in [3.05, 3.63) is 89.0 Å². The Morgan fingerprint density at radius 3 is 2.81 bits per heavy atom. The van der Waals surface area contributed by atoms with Crippen LogP contribution in [0, 0.1) is 17.6 Å². The van der Waals surface area contributed by atoms with Gasteiger partial charge in [0.15, 0.2) is 11.6 Å². The Hall–Kier alpha value is -4.60. The van der Waals surface area contributed by atoms with Gasteiger partial charge in [0.25, 0.3) is 5.91 Å². The molecule has 2 aliphatic heterocycles. The predicted octanol–water partition coefficient (Wildman–Crippen LogP) is 3.36. The van der Waals surface area contributed by atoms with E-state index in [0.717, 1.165) is 29.0 Å². The lowest BCUT2D eigenvalue weighted by Gasteiger charge is -2.16. The molecule has 3 aromatic rings. The minimum absolute atomic E-state index is 0.118. The summed E-state index contributed by atoms with van der Waals surface area (Å²) >= 11 is 0. The molecule has 1 aromatic heterocycles. The molecule has 3 N–H and O–H groups in total. The zero-order valence-electron chi connectivity index (χ0n) is 19.6. The first-order chi connectivity index (χ1) is 17.9. The number of rotatable bonds is 7. The molecule has 0 spiro atoms. The van der Waals surface area contributed by atoms with Gasteiger partial charge in [0, 0.05) is 30.9 Å². The number of amides is 3. The van der Waals surface area contributed by atoms with Crippen molar-refractivity contribution in [2.45, 2.75) is 13.0 Å². The normalized spacial score (nSPS) is 18.1. The number of benzene rings is 2. The molecule has 1 unspecified atom stereocenters. The second-order valence-corrected chi connectivity index (χ2v) is 8.82. The number of H-pyrrole nitrogens is 1. The highest BCUT2D eigenvalue weighted by Gasteiger charge is 2.36. The number of carbonyl (C=O) groups is 3. The average molecular weight is 504 g/mol. The molecule has 3 amide bonds. The lowest BCUT2D eigenvalue weighted by Crippen LogP contribution is -2.36. The highest BCUT2D eigenvalue weighted by molar-refractivity contribution is 6.34. The maximum Gasteiger partial charge on any atom is 0.256 e. The molecule has 1 atom stereocenters. The molecule has 0 aliphatic carbocycles. The Kier molecular flexibility index (Phi) is 6.63. The third-order valence-corrected chi connectivity index (χ3v) is 6.32. The third kappa shape index (κ3) is 5.18. The van der Waals surface area contributed by atoms with Gasteiger partial charge in [-0.15, -0.1) is 0 Å². The summed E-state index contributed by atoms with van der Waals surface area (Å²) in [5.41, 5.74) is 4.06. The van der Waals surface area contributed by atoms with Crippen LogP contribution in [0.2, 0.25) is 0 Å². The number of fused-ring (bicyclic) bond motifs is 1. The van der Waals surface area contributed by atoms with Gasteiger partial charge in [0.05, 0.1) is 23.8 Å². The van der Waals surface area contributed by atoms with Crippen molar-refractivity contribution in [3.63, 3.8) is 0 Å². The molecular weight excluding hydrogens is 480 g/mol. The van der Waals surface area contributed by atoms with Gasteiger partial charge in [0.2, 0.25) is 11.8 Å². The predicted molar refractivity (Wildman–Crippen MR) is 133 cm³/mol. The first-order valence-electron chi connectivity index (χ1n) is 11.7. The Labute approximate surface area is 211 Å². The van der Waals surface area contributed by atoms with Gasteiger partial charge in [-0.05, 0) is 41.8 Å². The van der Waals surface area contributed by atoms with Crippen molar-refractivity contribution in [3.8, 4) is 0 Å². The van der Waals surface area contributed by atoms with Crippen LogP contribution in [0.4, 0.5) is 14.5 Å². The lowest BCUT2D eigenvalue weighted by atomic mass is 10.0. The second kappa shape index (κ2) is 10.2. The molecule has 1 fully saturated rings. The molecule has 0 bridgehead atoms. The fraction of sp³-hybridized carbons (Fsp3) is 0.185. The highest BCUT2D eigenvalue weighted by atomic mass is 19.2. The van der Waals surface area contributed by atoms with Crippen molar-refractivity contribution in [1.82, 2.24) is 20.2 Å². The van der Waals surface area contributed by atoms with E-state index in [9.17, 15) is 23.2 Å². The van der Waals surface area contributed by atoms with Gasteiger partial charge in [-0.3, -0.25) is 14.4 Å². The number of halogens is 2. The average Bonchev–Trinajstić information content (AvgIpc) is 3.60. The molecule has 8 nitrogen and oxygen atoms in total. The molecule has 2 aromatic carbocycles. The van der Waals surface area contributed by atoms with Crippen LogP contribution in [0.1, 0.15) is 28.8 Å². The summed E-state index contributed by atoms with van der Waals surface area (Å²) in [6, 6.07) is 9.07. The first-order valence-corrected chi connectivity index (χ1v) is 11.7. The molecule has 5 rings (SSSR count). The maximum atomic E-state index is 13.4. The molecular formula is C27H23F2N5O3. The van der Waals surface area contributed by atoms with Crippen molar-refractivity contribution in [2.24, 2.45) is 5.92 Å². The van der Waals surface area contributed by atoms with Gasteiger partial charge >= 0.3 is 0 Å². The van der Waals surface area contributed by atoms with Crippen molar-refractivity contribution in [2.75, 3.05) is 18.4 Å². The van der Waals surface area contributed by atoms with E-state index in [1.807, 2.05) is 24.3 Å². The van der Waals surface area contributed by atoms with Crippen molar-refractivity contribution < 1.29 is 23.2 Å². The molecule has 1 saturated heterocycles. The van der Waals surface area contributed by atoms with E-state index in [-0.39, 0.29) is 30.8 Å². The van der Waals surface area contributed by atoms with Gasteiger partial charge in [0.1, 0.15) is 5.92 Å². The third-order valence-electron chi connectivity index (χ3n) is 6.32. The van der Waals surface area contributed by atoms with Crippen LogP contribution in [-0.4, -0.2) is 45.7 Å². The summed E-state index contributed by atoms with van der Waals surface area (Å²) in [5, 5.41) is 5.60.